The average Bonchev–Trinajstić information content (AvgIpc) is 3.32. The number of carbonyl (C=O) groups excluding carboxylic acids is 2. The molecule has 1 aromatic heterocycles. The number of thiophene rings is 1. The van der Waals surface area contributed by atoms with Crippen molar-refractivity contribution >= 4 is 45.3 Å². The molecule has 1 amide bonds. The molecule has 0 bridgehead atoms. The highest BCUT2D eigenvalue weighted by Crippen LogP contribution is 2.33. The van der Waals surface area contributed by atoms with Crippen molar-refractivity contribution in [2.24, 2.45) is 4.99 Å². The van der Waals surface area contributed by atoms with Crippen LogP contribution in [0.3, 0.4) is 0 Å². The van der Waals surface area contributed by atoms with Crippen LogP contribution in [0, 0.1) is 0 Å². The lowest BCUT2D eigenvalue weighted by atomic mass is 9.95. The second kappa shape index (κ2) is 11.9. The molecule has 3 N–H and O–H groups in total. The lowest BCUT2D eigenvalue weighted by Gasteiger charge is -2.32. The Kier molecular flexibility index (Phi) is 8.64. The Labute approximate surface area is 216 Å². The maximum absolute atomic E-state index is 13.2. The number of aliphatic imine (C=N–C) groups is 1. The maximum atomic E-state index is 13.2. The van der Waals surface area contributed by atoms with Crippen molar-refractivity contribution in [1.82, 2.24) is 0 Å². The number of rotatable bonds is 7. The van der Waals surface area contributed by atoms with Crippen molar-refractivity contribution in [3.05, 3.63) is 40.3 Å². The number of nitrogens with zero attached hydrogens (tertiary/aromatic N) is 2. The molecule has 8 nitrogen and oxygen atoms in total. The second-order valence-corrected chi connectivity index (χ2v) is 10.6. The number of aliphatic hydroxyl groups is 1. The molecule has 2 fully saturated rings. The summed E-state index contributed by atoms with van der Waals surface area (Å²) in [5, 5.41) is 17.4. The number of aliphatic hydroxyl groups excluding tert-OH is 1. The lowest BCUT2D eigenvalue weighted by molar-refractivity contribution is 0.0601. The molecule has 1 saturated heterocycles. The zero-order valence-corrected chi connectivity index (χ0v) is 22.1. The van der Waals surface area contributed by atoms with E-state index in [0.29, 0.717) is 48.1 Å². The Morgan fingerprint density at radius 2 is 1.81 bits per heavy atom. The van der Waals surface area contributed by atoms with E-state index in [1.807, 2.05) is 19.1 Å². The van der Waals surface area contributed by atoms with E-state index >= 15 is 0 Å². The van der Waals surface area contributed by atoms with Crippen molar-refractivity contribution in [3.8, 4) is 0 Å². The highest BCUT2D eigenvalue weighted by atomic mass is 32.1. The van der Waals surface area contributed by atoms with Crippen molar-refractivity contribution in [3.63, 3.8) is 0 Å². The van der Waals surface area contributed by atoms with Gasteiger partial charge in [-0.1, -0.05) is 19.3 Å². The molecular formula is C27H36N4O4S. The van der Waals surface area contributed by atoms with Gasteiger partial charge in [-0.2, -0.15) is 0 Å². The minimum absolute atomic E-state index is 0.230. The number of nitrogens with one attached hydrogen (secondary N) is 2. The van der Waals surface area contributed by atoms with Crippen LogP contribution in [0.2, 0.25) is 0 Å². The number of hydrogen-bond acceptors (Lipinski definition) is 8. The van der Waals surface area contributed by atoms with Crippen molar-refractivity contribution < 1.29 is 19.4 Å². The number of ether oxygens (including phenoxy) is 1. The Hall–Kier alpha value is -2.91. The van der Waals surface area contributed by atoms with Gasteiger partial charge in [0, 0.05) is 43.1 Å². The van der Waals surface area contributed by atoms with Crippen LogP contribution in [0.15, 0.2) is 29.3 Å². The number of anilines is 3. The minimum atomic E-state index is -0.459. The van der Waals surface area contributed by atoms with Gasteiger partial charge in [0.2, 0.25) is 0 Å². The monoisotopic (exact) mass is 512 g/mol. The standard InChI is InChI=1S/C27H36N4O4S/c1-17(28-2)21-16-24(36-26(21)30-18-7-5-4-6-8-18)25(33)29-19-9-10-23(22(15-19)27(34)35-3)31-13-11-20(32)12-14-31/h9-10,15-16,18,20,30,32H,4-8,11-14H2,1-3H3,(H,29,33)/b28-17-. The van der Waals surface area contributed by atoms with Gasteiger partial charge in [0.25, 0.3) is 5.91 Å². The van der Waals surface area contributed by atoms with E-state index in [1.165, 1.54) is 37.7 Å². The molecule has 2 aromatic rings. The smallest absolute Gasteiger partial charge is 0.340 e. The summed E-state index contributed by atoms with van der Waals surface area (Å²) in [5.41, 5.74) is 3.51. The summed E-state index contributed by atoms with van der Waals surface area (Å²) >= 11 is 1.44. The van der Waals surface area contributed by atoms with Crippen LogP contribution in [-0.2, 0) is 4.74 Å². The summed E-state index contributed by atoms with van der Waals surface area (Å²) < 4.78 is 5.02. The number of esters is 1. The summed E-state index contributed by atoms with van der Waals surface area (Å²) in [6.45, 7) is 3.27. The first kappa shape index (κ1) is 26.2. The van der Waals surface area contributed by atoms with Crippen molar-refractivity contribution in [2.45, 2.75) is 64.0 Å². The van der Waals surface area contributed by atoms with Crippen molar-refractivity contribution in [2.75, 3.05) is 42.8 Å². The molecule has 2 aliphatic rings. The number of carbonyl (C=O) groups is 2. The topological polar surface area (TPSA) is 103 Å². The second-order valence-electron chi connectivity index (χ2n) is 9.54. The van der Waals surface area contributed by atoms with Gasteiger partial charge in [0.1, 0.15) is 0 Å². The summed E-state index contributed by atoms with van der Waals surface area (Å²) in [6.07, 6.45) is 7.00. The minimum Gasteiger partial charge on any atom is -0.465 e. The Morgan fingerprint density at radius 1 is 1.08 bits per heavy atom. The molecule has 0 atom stereocenters. The van der Waals surface area contributed by atoms with E-state index in [0.717, 1.165) is 34.8 Å². The molecule has 4 rings (SSSR count). The van der Waals surface area contributed by atoms with E-state index in [9.17, 15) is 14.7 Å². The van der Waals surface area contributed by atoms with Crippen LogP contribution in [0.5, 0.6) is 0 Å². The van der Waals surface area contributed by atoms with Gasteiger partial charge < -0.3 is 25.4 Å². The van der Waals surface area contributed by atoms with E-state index in [-0.39, 0.29) is 12.0 Å². The highest BCUT2D eigenvalue weighted by Gasteiger charge is 2.24. The molecule has 1 aromatic carbocycles. The summed E-state index contributed by atoms with van der Waals surface area (Å²) in [6, 6.07) is 7.62. The van der Waals surface area contributed by atoms with Crippen LogP contribution >= 0.6 is 11.3 Å². The fourth-order valence-electron chi connectivity index (χ4n) is 4.89. The highest BCUT2D eigenvalue weighted by molar-refractivity contribution is 7.18. The van der Waals surface area contributed by atoms with E-state index in [4.69, 9.17) is 4.74 Å². The zero-order chi connectivity index (χ0) is 25.7. The number of amides is 1. The molecule has 0 radical (unpaired) electrons. The number of hydrogen-bond donors (Lipinski definition) is 3. The SMILES string of the molecule is C/N=C(/C)c1cc(C(=O)Nc2ccc(N3CCC(O)CC3)c(C(=O)OC)c2)sc1NC1CCCCC1. The largest absolute Gasteiger partial charge is 0.465 e. The van der Waals surface area contributed by atoms with E-state index in [2.05, 4.69) is 20.5 Å². The quantitative estimate of drug-likeness (QED) is 0.359. The Morgan fingerprint density at radius 3 is 2.47 bits per heavy atom. The average molecular weight is 513 g/mol. The molecule has 2 heterocycles. The maximum Gasteiger partial charge on any atom is 0.340 e. The Bertz CT molecular complexity index is 1110. The van der Waals surface area contributed by atoms with Gasteiger partial charge >= 0.3 is 5.97 Å². The number of piperidine rings is 1. The molecule has 9 heteroatoms. The van der Waals surface area contributed by atoms with Crippen LogP contribution in [0.4, 0.5) is 16.4 Å². The van der Waals surface area contributed by atoms with Crippen LogP contribution in [-0.4, -0.2) is 62.1 Å². The molecule has 0 unspecified atom stereocenters. The fourth-order valence-corrected chi connectivity index (χ4v) is 5.98. The fraction of sp³-hybridized carbons (Fsp3) is 0.519. The summed E-state index contributed by atoms with van der Waals surface area (Å²) in [5.74, 6) is -0.689. The van der Waals surface area contributed by atoms with Gasteiger partial charge in [-0.3, -0.25) is 9.79 Å². The third kappa shape index (κ3) is 6.07. The molecule has 194 valence electrons. The van der Waals surface area contributed by atoms with Crippen LogP contribution < -0.4 is 15.5 Å². The molecule has 0 spiro atoms. The molecule has 1 aliphatic heterocycles. The number of benzene rings is 1. The zero-order valence-electron chi connectivity index (χ0n) is 21.3. The first-order valence-electron chi connectivity index (χ1n) is 12.7. The summed E-state index contributed by atoms with van der Waals surface area (Å²) in [7, 11) is 3.11. The van der Waals surface area contributed by atoms with Crippen LogP contribution in [0.25, 0.3) is 0 Å². The van der Waals surface area contributed by atoms with Crippen molar-refractivity contribution in [1.29, 1.82) is 0 Å². The van der Waals surface area contributed by atoms with Gasteiger partial charge in [-0.25, -0.2) is 4.79 Å². The predicted molar refractivity (Wildman–Crippen MR) is 146 cm³/mol. The number of methoxy groups -OCH3 is 1. The van der Waals surface area contributed by atoms with Gasteiger partial charge in [0.15, 0.2) is 0 Å². The third-order valence-electron chi connectivity index (χ3n) is 7.09. The predicted octanol–water partition coefficient (Wildman–Crippen LogP) is 4.93. The van der Waals surface area contributed by atoms with E-state index in [1.54, 1.807) is 19.2 Å². The first-order valence-corrected chi connectivity index (χ1v) is 13.5. The van der Waals surface area contributed by atoms with E-state index < -0.39 is 5.97 Å². The summed E-state index contributed by atoms with van der Waals surface area (Å²) in [4.78, 5) is 32.8. The first-order chi connectivity index (χ1) is 17.4. The Balaban J connectivity index is 1.55. The molecule has 36 heavy (non-hydrogen) atoms. The van der Waals surface area contributed by atoms with Gasteiger partial charge in [-0.05, 0) is 56.9 Å². The molecule has 1 aliphatic carbocycles. The van der Waals surface area contributed by atoms with Gasteiger partial charge in [-0.15, -0.1) is 11.3 Å². The van der Waals surface area contributed by atoms with Crippen LogP contribution in [0.1, 0.15) is 77.5 Å². The lowest BCUT2D eigenvalue weighted by Crippen LogP contribution is -2.36. The third-order valence-corrected chi connectivity index (χ3v) is 8.15. The normalized spacial score (nSPS) is 17.7. The molecular weight excluding hydrogens is 476 g/mol. The van der Waals surface area contributed by atoms with Gasteiger partial charge in [0.05, 0.1) is 34.3 Å². The molecule has 1 saturated carbocycles.